The summed E-state index contributed by atoms with van der Waals surface area (Å²) in [4.78, 5) is 2.37. The Morgan fingerprint density at radius 3 is 1.95 bits per heavy atom. The predicted molar refractivity (Wildman–Crippen MR) is 96.3 cm³/mol. The molecule has 3 nitrogen and oxygen atoms in total. The highest BCUT2D eigenvalue weighted by molar-refractivity contribution is 4.75. The molecule has 0 aromatic rings. The van der Waals surface area contributed by atoms with Crippen LogP contribution in [0.2, 0.25) is 0 Å². The summed E-state index contributed by atoms with van der Waals surface area (Å²) in [6.07, 6.45) is 11.7. The maximum Gasteiger partial charge on any atom is 0.167 e. The number of nitrogens with zero attached hydrogens (tertiary/aromatic N) is 1. The highest BCUT2D eigenvalue weighted by Crippen LogP contribution is 2.31. The van der Waals surface area contributed by atoms with Gasteiger partial charge in [-0.1, -0.05) is 52.4 Å². The van der Waals surface area contributed by atoms with Gasteiger partial charge >= 0.3 is 0 Å². The van der Waals surface area contributed by atoms with Crippen LogP contribution in [-0.4, -0.2) is 45.0 Å². The van der Waals surface area contributed by atoms with Gasteiger partial charge in [0.05, 0.1) is 0 Å². The van der Waals surface area contributed by atoms with Crippen LogP contribution in [0.25, 0.3) is 0 Å². The average molecular weight is 316 g/mol. The summed E-state index contributed by atoms with van der Waals surface area (Å²) in [5, 5.41) is 0. The summed E-state index contributed by atoms with van der Waals surface area (Å²) in [5.74, 6) is 0.0488. The third kappa shape index (κ3) is 9.12. The van der Waals surface area contributed by atoms with Gasteiger partial charge in [-0.3, -0.25) is 0 Å². The Balaban J connectivity index is 4.23. The molecule has 0 aromatic heterocycles. The second-order valence-electron chi connectivity index (χ2n) is 6.72. The van der Waals surface area contributed by atoms with E-state index in [1.807, 2.05) is 0 Å². The van der Waals surface area contributed by atoms with Crippen LogP contribution < -0.4 is 0 Å². The Morgan fingerprint density at radius 2 is 1.41 bits per heavy atom. The van der Waals surface area contributed by atoms with E-state index in [9.17, 15) is 0 Å². The van der Waals surface area contributed by atoms with Crippen LogP contribution in [-0.2, 0) is 9.47 Å². The Kier molecular flexibility index (Phi) is 13.3. The second kappa shape index (κ2) is 13.3. The van der Waals surface area contributed by atoms with Crippen molar-refractivity contribution in [2.75, 3.05) is 34.4 Å². The van der Waals surface area contributed by atoms with Crippen LogP contribution >= 0.6 is 0 Å². The van der Waals surface area contributed by atoms with E-state index in [-0.39, 0.29) is 0 Å². The van der Waals surface area contributed by atoms with Gasteiger partial charge in [0, 0.05) is 20.1 Å². The molecule has 0 N–H and O–H groups in total. The lowest BCUT2D eigenvalue weighted by molar-refractivity contribution is -0.230. The van der Waals surface area contributed by atoms with Crippen LogP contribution in [0.15, 0.2) is 0 Å². The van der Waals surface area contributed by atoms with Crippen LogP contribution in [0.4, 0.5) is 0 Å². The maximum absolute atomic E-state index is 5.69. The number of methoxy groups -OCH3 is 2. The lowest BCUT2D eigenvalue weighted by atomic mass is 9.88. The van der Waals surface area contributed by atoms with E-state index < -0.39 is 5.79 Å². The van der Waals surface area contributed by atoms with Crippen molar-refractivity contribution in [3.63, 3.8) is 0 Å². The molecule has 22 heavy (non-hydrogen) atoms. The minimum atomic E-state index is -0.436. The van der Waals surface area contributed by atoms with Gasteiger partial charge in [-0.15, -0.1) is 0 Å². The topological polar surface area (TPSA) is 21.7 Å². The molecule has 0 saturated carbocycles. The van der Waals surface area contributed by atoms with E-state index in [4.69, 9.17) is 9.47 Å². The smallest absolute Gasteiger partial charge is 0.167 e. The molecule has 0 spiro atoms. The van der Waals surface area contributed by atoms with Crippen molar-refractivity contribution < 1.29 is 9.47 Å². The third-order valence-corrected chi connectivity index (χ3v) is 5.09. The zero-order valence-electron chi connectivity index (χ0n) is 16.1. The van der Waals surface area contributed by atoms with Gasteiger partial charge < -0.3 is 14.4 Å². The summed E-state index contributed by atoms with van der Waals surface area (Å²) < 4.78 is 11.4. The van der Waals surface area contributed by atoms with E-state index in [0.717, 1.165) is 13.1 Å². The minimum absolute atomic E-state index is 0.436. The van der Waals surface area contributed by atoms with E-state index in [2.05, 4.69) is 32.7 Å². The van der Waals surface area contributed by atoms with Crippen molar-refractivity contribution in [2.45, 2.75) is 84.3 Å². The first-order valence-corrected chi connectivity index (χ1v) is 9.32. The van der Waals surface area contributed by atoms with E-state index in [1.165, 1.54) is 57.8 Å². The monoisotopic (exact) mass is 315 g/mol. The zero-order chi connectivity index (χ0) is 16.8. The molecule has 1 atom stereocenters. The van der Waals surface area contributed by atoms with Gasteiger partial charge in [0.1, 0.15) is 0 Å². The first kappa shape index (κ1) is 21.9. The standard InChI is InChI=1S/C19H41NO2/c1-7-9-10-11-12-13-15-18(19(3,21-5)22-6)16-14-17-20(4)8-2/h18H,7-17H2,1-6H3. The third-order valence-electron chi connectivity index (χ3n) is 5.09. The first-order valence-electron chi connectivity index (χ1n) is 9.32. The van der Waals surface area contributed by atoms with Gasteiger partial charge in [0.15, 0.2) is 5.79 Å². The van der Waals surface area contributed by atoms with Crippen molar-refractivity contribution >= 4 is 0 Å². The zero-order valence-corrected chi connectivity index (χ0v) is 16.1. The number of hydrogen-bond donors (Lipinski definition) is 0. The van der Waals surface area contributed by atoms with Crippen LogP contribution in [0.1, 0.15) is 78.6 Å². The van der Waals surface area contributed by atoms with Crippen molar-refractivity contribution in [2.24, 2.45) is 5.92 Å². The second-order valence-corrected chi connectivity index (χ2v) is 6.72. The van der Waals surface area contributed by atoms with Crippen molar-refractivity contribution in [3.05, 3.63) is 0 Å². The number of ether oxygens (including phenoxy) is 2. The van der Waals surface area contributed by atoms with Gasteiger partial charge in [-0.05, 0) is 46.3 Å². The maximum atomic E-state index is 5.69. The Hall–Kier alpha value is -0.120. The lowest BCUT2D eigenvalue weighted by Crippen LogP contribution is -2.39. The molecule has 0 saturated heterocycles. The van der Waals surface area contributed by atoms with Gasteiger partial charge in [0.2, 0.25) is 0 Å². The molecule has 0 heterocycles. The summed E-state index contributed by atoms with van der Waals surface area (Å²) in [7, 11) is 5.74. The first-order chi connectivity index (χ1) is 10.5. The lowest BCUT2D eigenvalue weighted by Gasteiger charge is -2.35. The Morgan fingerprint density at radius 1 is 0.864 bits per heavy atom. The summed E-state index contributed by atoms with van der Waals surface area (Å²) in [5.41, 5.74) is 0. The fourth-order valence-corrected chi connectivity index (χ4v) is 3.02. The highest BCUT2D eigenvalue weighted by Gasteiger charge is 2.33. The summed E-state index contributed by atoms with van der Waals surface area (Å²) in [6.45, 7) is 8.85. The van der Waals surface area contributed by atoms with E-state index in [1.54, 1.807) is 14.2 Å². The number of hydrogen-bond acceptors (Lipinski definition) is 3. The molecular formula is C19H41NO2. The molecule has 0 aliphatic rings. The van der Waals surface area contributed by atoms with Gasteiger partial charge in [-0.2, -0.15) is 0 Å². The fourth-order valence-electron chi connectivity index (χ4n) is 3.02. The number of rotatable bonds is 15. The molecule has 0 fully saturated rings. The molecule has 0 radical (unpaired) electrons. The largest absolute Gasteiger partial charge is 0.353 e. The molecule has 0 aromatic carbocycles. The molecule has 3 heteroatoms. The molecule has 0 aliphatic heterocycles. The van der Waals surface area contributed by atoms with Crippen LogP contribution in [0.5, 0.6) is 0 Å². The minimum Gasteiger partial charge on any atom is -0.353 e. The van der Waals surface area contributed by atoms with E-state index in [0.29, 0.717) is 5.92 Å². The van der Waals surface area contributed by atoms with Crippen LogP contribution in [0.3, 0.4) is 0 Å². The van der Waals surface area contributed by atoms with Gasteiger partial charge in [-0.25, -0.2) is 0 Å². The quantitative estimate of drug-likeness (QED) is 0.310. The Bertz CT molecular complexity index is 242. The summed E-state index contributed by atoms with van der Waals surface area (Å²) >= 11 is 0. The van der Waals surface area contributed by atoms with E-state index >= 15 is 0 Å². The van der Waals surface area contributed by atoms with Crippen molar-refractivity contribution in [3.8, 4) is 0 Å². The van der Waals surface area contributed by atoms with Crippen LogP contribution in [0, 0.1) is 5.92 Å². The van der Waals surface area contributed by atoms with Crippen molar-refractivity contribution in [1.29, 1.82) is 0 Å². The molecule has 1 unspecified atom stereocenters. The Labute approximate surface area is 139 Å². The average Bonchev–Trinajstić information content (AvgIpc) is 2.55. The van der Waals surface area contributed by atoms with Crippen molar-refractivity contribution in [1.82, 2.24) is 4.90 Å². The molecule has 0 aliphatic carbocycles. The molecule has 0 rings (SSSR count). The fraction of sp³-hybridized carbons (Fsp3) is 1.00. The molecule has 0 bridgehead atoms. The predicted octanol–water partition coefficient (Wildman–Crippen LogP) is 5.09. The molecule has 0 amide bonds. The molecule has 134 valence electrons. The normalized spacial score (nSPS) is 13.8. The SMILES string of the molecule is CCCCCCCCC(CCCN(C)CC)C(C)(OC)OC. The highest BCUT2D eigenvalue weighted by atomic mass is 16.7. The van der Waals surface area contributed by atoms with Gasteiger partial charge in [0.25, 0.3) is 0 Å². The molecular weight excluding hydrogens is 274 g/mol. The number of unbranched alkanes of at least 4 members (excludes halogenated alkanes) is 5. The summed E-state index contributed by atoms with van der Waals surface area (Å²) in [6, 6.07) is 0.